The lowest BCUT2D eigenvalue weighted by atomic mass is 9.92. The number of amides is 3. The zero-order valence-corrected chi connectivity index (χ0v) is 30.5. The predicted octanol–water partition coefficient (Wildman–Crippen LogP) is 5.92. The Morgan fingerprint density at radius 3 is 2.57 bits per heavy atom. The summed E-state index contributed by atoms with van der Waals surface area (Å²) >= 11 is 0. The summed E-state index contributed by atoms with van der Waals surface area (Å²) in [4.78, 5) is 55.0. The molecule has 4 aromatic heterocycles. The number of carbonyl (C=O) groups excluding carboxylic acids is 3. The largest absolute Gasteiger partial charge is 0.489 e. The van der Waals surface area contributed by atoms with Crippen molar-refractivity contribution in [2.45, 2.75) is 63.3 Å². The molecule has 6 aromatic rings. The maximum absolute atomic E-state index is 12.9. The van der Waals surface area contributed by atoms with Gasteiger partial charge in [0.2, 0.25) is 17.7 Å². The molecule has 0 spiro atoms. The fraction of sp³-hybridized carbons (Fsp3) is 0.273. The molecular formula is C44H38N6O6. The fourth-order valence-corrected chi connectivity index (χ4v) is 7.55. The minimum absolute atomic E-state index is 0.0460. The molecule has 3 amide bonds. The summed E-state index contributed by atoms with van der Waals surface area (Å²) in [6, 6.07) is 21.2. The van der Waals surface area contributed by atoms with Crippen LogP contribution >= 0.6 is 0 Å². The van der Waals surface area contributed by atoms with Gasteiger partial charge in [0, 0.05) is 90.0 Å². The van der Waals surface area contributed by atoms with Gasteiger partial charge in [0.25, 0.3) is 5.91 Å². The molecule has 1 aliphatic carbocycles. The number of rotatable bonds is 11. The van der Waals surface area contributed by atoms with Gasteiger partial charge < -0.3 is 24.1 Å². The SMILES string of the molecule is O=C1CCC(N2Cc3cc(CCCOCC#Cc4ccc(OC5CC(Oc6ccc(-c7ccc8c(c7)[nH]c7ccncc78)cn6)C5)cn4)ccc3C2=O)C(=O)N1. The van der Waals surface area contributed by atoms with Crippen LogP contribution < -0.4 is 14.8 Å². The van der Waals surface area contributed by atoms with E-state index < -0.39 is 11.9 Å². The number of aryl methyl sites for hydroxylation is 1. The number of carbonyl (C=O) groups is 3. The molecule has 0 radical (unpaired) electrons. The molecule has 6 heterocycles. The third-order valence-electron chi connectivity index (χ3n) is 10.6. The quantitative estimate of drug-likeness (QED) is 0.0936. The number of imide groups is 1. The van der Waals surface area contributed by atoms with Crippen LogP contribution in [0.2, 0.25) is 0 Å². The van der Waals surface area contributed by atoms with E-state index in [9.17, 15) is 14.4 Å². The molecule has 1 saturated heterocycles. The highest BCUT2D eigenvalue weighted by Crippen LogP contribution is 2.32. The maximum Gasteiger partial charge on any atom is 0.255 e. The van der Waals surface area contributed by atoms with Gasteiger partial charge in [0.15, 0.2) is 0 Å². The van der Waals surface area contributed by atoms with Gasteiger partial charge in [-0.2, -0.15) is 0 Å². The number of nitrogens with one attached hydrogen (secondary N) is 2. The monoisotopic (exact) mass is 746 g/mol. The van der Waals surface area contributed by atoms with Crippen LogP contribution in [0.5, 0.6) is 11.6 Å². The van der Waals surface area contributed by atoms with Crippen LogP contribution in [0.15, 0.2) is 91.5 Å². The number of hydrogen-bond donors (Lipinski definition) is 2. The number of benzene rings is 2. The van der Waals surface area contributed by atoms with E-state index in [0.29, 0.717) is 49.1 Å². The molecule has 280 valence electrons. The third-order valence-corrected chi connectivity index (χ3v) is 10.6. The Kier molecular flexibility index (Phi) is 9.59. The molecule has 0 bridgehead atoms. The molecule has 12 heteroatoms. The lowest BCUT2D eigenvalue weighted by molar-refractivity contribution is -0.136. The van der Waals surface area contributed by atoms with E-state index in [4.69, 9.17) is 14.2 Å². The summed E-state index contributed by atoms with van der Waals surface area (Å²) in [6.45, 7) is 1.21. The van der Waals surface area contributed by atoms with Crippen molar-refractivity contribution < 1.29 is 28.6 Å². The van der Waals surface area contributed by atoms with Crippen molar-refractivity contribution in [2.75, 3.05) is 13.2 Å². The summed E-state index contributed by atoms with van der Waals surface area (Å²) in [6.07, 6.45) is 11.0. The Morgan fingerprint density at radius 1 is 0.839 bits per heavy atom. The van der Waals surface area contributed by atoms with Crippen molar-refractivity contribution in [2.24, 2.45) is 0 Å². The summed E-state index contributed by atoms with van der Waals surface area (Å²) in [5, 5.41) is 4.60. The van der Waals surface area contributed by atoms with Gasteiger partial charge >= 0.3 is 0 Å². The van der Waals surface area contributed by atoms with E-state index in [1.54, 1.807) is 17.3 Å². The Balaban J connectivity index is 0.672. The van der Waals surface area contributed by atoms with Crippen LogP contribution in [0, 0.1) is 11.8 Å². The first-order valence-corrected chi connectivity index (χ1v) is 18.9. The molecule has 2 fully saturated rings. The Labute approximate surface area is 322 Å². The Morgan fingerprint density at radius 2 is 1.73 bits per heavy atom. The number of fused-ring (bicyclic) bond motifs is 4. The fourth-order valence-electron chi connectivity index (χ4n) is 7.55. The molecule has 1 unspecified atom stereocenters. The molecular weight excluding hydrogens is 709 g/mol. The second-order valence-corrected chi connectivity index (χ2v) is 14.4. The van der Waals surface area contributed by atoms with Crippen LogP contribution in [-0.4, -0.2) is 74.0 Å². The first kappa shape index (κ1) is 35.1. The van der Waals surface area contributed by atoms with E-state index in [1.165, 1.54) is 0 Å². The topological polar surface area (TPSA) is 149 Å². The molecule has 2 aliphatic heterocycles. The van der Waals surface area contributed by atoms with Gasteiger partial charge in [-0.1, -0.05) is 30.2 Å². The highest BCUT2D eigenvalue weighted by Gasteiger charge is 2.39. The Hall–Kier alpha value is -6.58. The summed E-state index contributed by atoms with van der Waals surface area (Å²) in [5.41, 5.74) is 7.50. The second-order valence-electron chi connectivity index (χ2n) is 14.4. The molecule has 56 heavy (non-hydrogen) atoms. The van der Waals surface area contributed by atoms with Crippen molar-refractivity contribution in [3.63, 3.8) is 0 Å². The van der Waals surface area contributed by atoms with E-state index in [2.05, 4.69) is 55.3 Å². The van der Waals surface area contributed by atoms with Crippen LogP contribution in [0.3, 0.4) is 0 Å². The number of nitrogens with zero attached hydrogens (tertiary/aromatic N) is 4. The zero-order chi connectivity index (χ0) is 38.0. The lowest BCUT2D eigenvalue weighted by Gasteiger charge is -2.34. The van der Waals surface area contributed by atoms with Crippen molar-refractivity contribution >= 4 is 39.5 Å². The van der Waals surface area contributed by atoms with Gasteiger partial charge in [-0.3, -0.25) is 24.7 Å². The number of ether oxygens (including phenoxy) is 3. The number of H-pyrrole nitrogens is 1. The number of piperidine rings is 1. The Bertz CT molecular complexity index is 2520. The smallest absolute Gasteiger partial charge is 0.255 e. The summed E-state index contributed by atoms with van der Waals surface area (Å²) < 4.78 is 17.9. The number of aromatic nitrogens is 4. The third kappa shape index (κ3) is 7.41. The first-order chi connectivity index (χ1) is 27.4. The molecule has 3 aliphatic rings. The van der Waals surface area contributed by atoms with Gasteiger partial charge in [-0.05, 0) is 78.3 Å². The van der Waals surface area contributed by atoms with Crippen LogP contribution in [-0.2, 0) is 27.3 Å². The molecule has 9 rings (SSSR count). The van der Waals surface area contributed by atoms with Crippen LogP contribution in [0.4, 0.5) is 0 Å². The van der Waals surface area contributed by atoms with E-state index >= 15 is 0 Å². The van der Waals surface area contributed by atoms with Crippen LogP contribution in [0.1, 0.15) is 59.3 Å². The molecule has 12 nitrogen and oxygen atoms in total. The first-order valence-electron chi connectivity index (χ1n) is 18.9. The number of hydrogen-bond acceptors (Lipinski definition) is 9. The average molecular weight is 747 g/mol. The van der Waals surface area contributed by atoms with E-state index in [-0.39, 0.29) is 30.4 Å². The molecule has 1 atom stereocenters. The minimum Gasteiger partial charge on any atom is -0.489 e. The van der Waals surface area contributed by atoms with Gasteiger partial charge in [-0.25, -0.2) is 9.97 Å². The van der Waals surface area contributed by atoms with Crippen molar-refractivity contribution in [1.82, 2.24) is 30.2 Å². The summed E-state index contributed by atoms with van der Waals surface area (Å²) in [7, 11) is 0. The van der Waals surface area contributed by atoms with Gasteiger partial charge in [0.1, 0.15) is 36.3 Å². The maximum atomic E-state index is 12.9. The number of aromatic amines is 1. The number of pyridine rings is 3. The normalized spacial score (nSPS) is 19.0. The van der Waals surface area contributed by atoms with Crippen molar-refractivity contribution in [1.29, 1.82) is 0 Å². The highest BCUT2D eigenvalue weighted by atomic mass is 16.5. The van der Waals surface area contributed by atoms with Crippen molar-refractivity contribution in [3.05, 3.63) is 114 Å². The van der Waals surface area contributed by atoms with Gasteiger partial charge in [0.05, 0.1) is 6.20 Å². The predicted molar refractivity (Wildman–Crippen MR) is 208 cm³/mol. The molecule has 2 aromatic carbocycles. The lowest BCUT2D eigenvalue weighted by Crippen LogP contribution is -2.52. The van der Waals surface area contributed by atoms with E-state index in [0.717, 1.165) is 69.7 Å². The minimum atomic E-state index is -0.609. The van der Waals surface area contributed by atoms with Crippen molar-refractivity contribution in [3.8, 4) is 34.6 Å². The second kappa shape index (κ2) is 15.3. The average Bonchev–Trinajstić information content (AvgIpc) is 3.73. The van der Waals surface area contributed by atoms with Gasteiger partial charge in [-0.15, -0.1) is 0 Å². The standard InChI is InChI=1S/C44H38N6O6/c51-41-13-12-40(43(52)49-41)50-26-30-19-27(5-10-35(30)44(50)53)3-1-17-54-18-2-4-31-8-9-32(24-46-31)55-33-21-34(22-33)56-42-14-7-29(23-47-42)28-6-11-36-37-25-45-16-15-38(37)48-39(36)20-28/h5-11,14-16,19-20,23-25,33-34,40,48H,1,3,12-13,17-18,21-22,26H2,(H,49,51,52). The summed E-state index contributed by atoms with van der Waals surface area (Å²) in [5.74, 6) is 6.50. The van der Waals surface area contributed by atoms with Crippen LogP contribution in [0.25, 0.3) is 32.9 Å². The van der Waals surface area contributed by atoms with E-state index in [1.807, 2.05) is 60.9 Å². The zero-order valence-electron chi connectivity index (χ0n) is 30.5. The molecule has 1 saturated carbocycles. The highest BCUT2D eigenvalue weighted by molar-refractivity contribution is 6.08. The molecule has 2 N–H and O–H groups in total.